The topological polar surface area (TPSA) is 22.0 Å². The molecule has 0 fully saturated rings. The molecule has 0 N–H and O–H groups in total. The van der Waals surface area contributed by atoms with E-state index in [2.05, 4.69) is 31.9 Å². The minimum Gasteiger partial charge on any atom is -0.267 e. The number of halogens is 3. The second kappa shape index (κ2) is 5.04. The quantitative estimate of drug-likeness (QED) is 0.764. The van der Waals surface area contributed by atoms with Gasteiger partial charge in [0.05, 0.1) is 6.54 Å². The lowest BCUT2D eigenvalue weighted by atomic mass is 10.2. The fraction of sp³-hybridized carbons (Fsp3) is 0.100. The standard InChI is InChI=1S/C10H6Br2ClNOS/c11-8-9(12)16-14(10(8)15)5-6-1-3-7(13)4-2-6/h1-4H,5H2. The highest BCUT2D eigenvalue weighted by Crippen LogP contribution is 2.25. The van der Waals surface area contributed by atoms with E-state index < -0.39 is 0 Å². The molecule has 1 aromatic heterocycles. The molecule has 16 heavy (non-hydrogen) atoms. The zero-order chi connectivity index (χ0) is 11.7. The summed E-state index contributed by atoms with van der Waals surface area (Å²) < 4.78 is 3.06. The third-order valence-electron chi connectivity index (χ3n) is 2.02. The van der Waals surface area contributed by atoms with Crippen molar-refractivity contribution in [2.45, 2.75) is 6.54 Å². The van der Waals surface area contributed by atoms with Crippen LogP contribution in [0.3, 0.4) is 0 Å². The summed E-state index contributed by atoms with van der Waals surface area (Å²) >= 11 is 13.7. The zero-order valence-electron chi connectivity index (χ0n) is 7.91. The van der Waals surface area contributed by atoms with Gasteiger partial charge < -0.3 is 0 Å². The molecule has 6 heteroatoms. The molecule has 0 amide bonds. The van der Waals surface area contributed by atoms with Gasteiger partial charge in [0.15, 0.2) is 0 Å². The lowest BCUT2D eigenvalue weighted by Crippen LogP contribution is -2.13. The van der Waals surface area contributed by atoms with E-state index in [0.717, 1.165) is 9.35 Å². The van der Waals surface area contributed by atoms with Gasteiger partial charge in [0.25, 0.3) is 5.56 Å². The van der Waals surface area contributed by atoms with Gasteiger partial charge in [-0.05, 0) is 61.1 Å². The van der Waals surface area contributed by atoms with Crippen molar-refractivity contribution in [1.29, 1.82) is 0 Å². The van der Waals surface area contributed by atoms with Crippen molar-refractivity contribution in [1.82, 2.24) is 3.96 Å². The van der Waals surface area contributed by atoms with E-state index >= 15 is 0 Å². The monoisotopic (exact) mass is 381 g/mol. The smallest absolute Gasteiger partial charge is 0.267 e. The number of hydrogen-bond donors (Lipinski definition) is 0. The van der Waals surface area contributed by atoms with Crippen molar-refractivity contribution in [3.8, 4) is 0 Å². The lowest BCUT2D eigenvalue weighted by molar-refractivity contribution is 0.846. The van der Waals surface area contributed by atoms with Gasteiger partial charge >= 0.3 is 0 Å². The Kier molecular flexibility index (Phi) is 3.89. The van der Waals surface area contributed by atoms with Crippen LogP contribution >= 0.6 is 55.0 Å². The predicted octanol–water partition coefficient (Wildman–Crippen LogP) is 4.14. The fourth-order valence-corrected chi connectivity index (χ4v) is 3.35. The number of hydrogen-bond acceptors (Lipinski definition) is 2. The molecule has 1 aromatic carbocycles. The first-order chi connectivity index (χ1) is 7.58. The van der Waals surface area contributed by atoms with Crippen molar-refractivity contribution in [2.24, 2.45) is 0 Å². The van der Waals surface area contributed by atoms with Gasteiger partial charge in [-0.25, -0.2) is 0 Å². The maximum atomic E-state index is 11.7. The van der Waals surface area contributed by atoms with E-state index in [1.807, 2.05) is 24.3 Å². The molecule has 0 saturated heterocycles. The summed E-state index contributed by atoms with van der Waals surface area (Å²) in [7, 11) is 0. The molecule has 0 radical (unpaired) electrons. The molecule has 0 saturated carbocycles. The molecule has 0 unspecified atom stereocenters. The van der Waals surface area contributed by atoms with Crippen molar-refractivity contribution in [3.63, 3.8) is 0 Å². The van der Waals surface area contributed by atoms with Crippen molar-refractivity contribution < 1.29 is 0 Å². The highest BCUT2D eigenvalue weighted by atomic mass is 79.9. The average Bonchev–Trinajstić information content (AvgIpc) is 2.50. The summed E-state index contributed by atoms with van der Waals surface area (Å²) in [5, 5.41) is 0.699. The van der Waals surface area contributed by atoms with Gasteiger partial charge in [-0.2, -0.15) is 0 Å². The minimum absolute atomic E-state index is 0.0215. The van der Waals surface area contributed by atoms with Gasteiger partial charge in [0.1, 0.15) is 8.26 Å². The van der Waals surface area contributed by atoms with Crippen LogP contribution in [0.25, 0.3) is 0 Å². The Bertz CT molecular complexity index is 561. The molecule has 0 aliphatic rings. The summed E-state index contributed by atoms with van der Waals surface area (Å²) in [6, 6.07) is 7.46. The molecule has 2 nitrogen and oxygen atoms in total. The van der Waals surface area contributed by atoms with Crippen LogP contribution in [0.2, 0.25) is 5.02 Å². The van der Waals surface area contributed by atoms with Crippen molar-refractivity contribution in [2.75, 3.05) is 0 Å². The van der Waals surface area contributed by atoms with Crippen LogP contribution in [0.15, 0.2) is 37.3 Å². The van der Waals surface area contributed by atoms with Crippen LogP contribution in [-0.4, -0.2) is 3.96 Å². The molecule has 84 valence electrons. The maximum Gasteiger partial charge on any atom is 0.276 e. The van der Waals surface area contributed by atoms with Gasteiger partial charge in [0.2, 0.25) is 0 Å². The number of benzene rings is 1. The minimum atomic E-state index is -0.0215. The summed E-state index contributed by atoms with van der Waals surface area (Å²) in [4.78, 5) is 11.7. The van der Waals surface area contributed by atoms with Crippen LogP contribution < -0.4 is 5.56 Å². The molecule has 0 atom stereocenters. The summed E-state index contributed by atoms with van der Waals surface area (Å²) in [6.45, 7) is 0.560. The Balaban J connectivity index is 2.30. The van der Waals surface area contributed by atoms with Crippen molar-refractivity contribution in [3.05, 3.63) is 53.5 Å². The lowest BCUT2D eigenvalue weighted by Gasteiger charge is -2.00. The first-order valence-electron chi connectivity index (χ1n) is 4.37. The van der Waals surface area contributed by atoms with Gasteiger partial charge in [-0.3, -0.25) is 8.75 Å². The normalized spacial score (nSPS) is 10.7. The third-order valence-corrected chi connectivity index (χ3v) is 5.51. The molecule has 0 aliphatic carbocycles. The molecule has 1 heterocycles. The molecule has 0 bridgehead atoms. The van der Waals surface area contributed by atoms with E-state index in [1.54, 1.807) is 3.96 Å². The molecule has 2 aromatic rings. The Hall–Kier alpha value is -0.100. The average molecular weight is 383 g/mol. The first-order valence-corrected chi connectivity index (χ1v) is 7.11. The largest absolute Gasteiger partial charge is 0.276 e. The SMILES string of the molecule is O=c1c(Br)c(Br)sn1Cc1ccc(Cl)cc1. The van der Waals surface area contributed by atoms with E-state index in [-0.39, 0.29) is 5.56 Å². The van der Waals surface area contributed by atoms with Gasteiger partial charge in [0, 0.05) is 5.02 Å². The molecule has 0 aliphatic heterocycles. The number of nitrogens with zero attached hydrogens (tertiary/aromatic N) is 1. The Morgan fingerprint density at radius 2 is 1.88 bits per heavy atom. The second-order valence-electron chi connectivity index (χ2n) is 3.15. The van der Waals surface area contributed by atoms with E-state index in [9.17, 15) is 4.79 Å². The van der Waals surface area contributed by atoms with Crippen LogP contribution in [-0.2, 0) is 6.54 Å². The number of rotatable bonds is 2. The summed E-state index contributed by atoms with van der Waals surface area (Å²) in [6.07, 6.45) is 0. The van der Waals surface area contributed by atoms with Gasteiger partial charge in [-0.15, -0.1) is 0 Å². The number of aromatic nitrogens is 1. The van der Waals surface area contributed by atoms with Crippen LogP contribution in [0.4, 0.5) is 0 Å². The van der Waals surface area contributed by atoms with E-state index in [4.69, 9.17) is 11.6 Å². The van der Waals surface area contributed by atoms with Crippen molar-refractivity contribution >= 4 is 55.0 Å². The Morgan fingerprint density at radius 1 is 1.25 bits per heavy atom. The fourth-order valence-electron chi connectivity index (χ4n) is 1.23. The van der Waals surface area contributed by atoms with E-state index in [1.165, 1.54) is 11.5 Å². The molecular formula is C10H6Br2ClNOS. The highest BCUT2D eigenvalue weighted by molar-refractivity contribution is 9.13. The third kappa shape index (κ3) is 2.59. The zero-order valence-corrected chi connectivity index (χ0v) is 12.7. The molecular weight excluding hydrogens is 377 g/mol. The Morgan fingerprint density at radius 3 is 2.38 bits per heavy atom. The predicted molar refractivity (Wildman–Crippen MR) is 74.5 cm³/mol. The van der Waals surface area contributed by atoms with E-state index in [0.29, 0.717) is 16.0 Å². The second-order valence-corrected chi connectivity index (χ2v) is 6.73. The van der Waals surface area contributed by atoms with Crippen LogP contribution in [0.5, 0.6) is 0 Å². The molecule has 0 spiro atoms. The highest BCUT2D eigenvalue weighted by Gasteiger charge is 2.10. The van der Waals surface area contributed by atoms with Gasteiger partial charge in [-0.1, -0.05) is 23.7 Å². The summed E-state index contributed by atoms with van der Waals surface area (Å²) in [5.74, 6) is 0. The van der Waals surface area contributed by atoms with Crippen LogP contribution in [0.1, 0.15) is 5.56 Å². The molecule has 2 rings (SSSR count). The summed E-state index contributed by atoms with van der Waals surface area (Å²) in [5.41, 5.74) is 1.03. The maximum absolute atomic E-state index is 11.7. The van der Waals surface area contributed by atoms with Crippen LogP contribution in [0, 0.1) is 0 Å². The Labute approximate surface area is 118 Å². The first kappa shape index (κ1) is 12.4.